The van der Waals surface area contributed by atoms with Crippen LogP contribution in [0.4, 0.5) is 0 Å². The smallest absolute Gasteiger partial charge is 0.462 e. The summed E-state index contributed by atoms with van der Waals surface area (Å²) in [6, 6.07) is 0. The summed E-state index contributed by atoms with van der Waals surface area (Å²) in [7, 11) is -9.97. The Morgan fingerprint density at radius 2 is 0.519 bits per heavy atom. The third-order valence-corrected chi connectivity index (χ3v) is 19.5. The van der Waals surface area contributed by atoms with Crippen LogP contribution in [0.25, 0.3) is 0 Å². The number of hydrogen-bond acceptors (Lipinski definition) is 15. The van der Waals surface area contributed by atoms with Crippen molar-refractivity contribution >= 4 is 39.5 Å². The van der Waals surface area contributed by atoms with Crippen LogP contribution in [0.3, 0.4) is 0 Å². The van der Waals surface area contributed by atoms with Crippen molar-refractivity contribution in [2.24, 2.45) is 0 Å². The van der Waals surface area contributed by atoms with E-state index in [4.69, 9.17) is 37.0 Å². The van der Waals surface area contributed by atoms with Gasteiger partial charge in [-0.15, -0.1) is 0 Å². The molecule has 0 rings (SSSR count). The number of esters is 4. The number of carbonyl (C=O) groups is 4. The topological polar surface area (TPSA) is 237 Å². The van der Waals surface area contributed by atoms with Crippen LogP contribution in [-0.2, 0) is 65.4 Å². The molecule has 0 fully saturated rings. The fraction of sp³-hybridized carbons (Fsp3) is 0.765. The van der Waals surface area contributed by atoms with Gasteiger partial charge in [0, 0.05) is 25.7 Å². The van der Waals surface area contributed by atoms with Crippen molar-refractivity contribution in [3.63, 3.8) is 0 Å². The summed E-state index contributed by atoms with van der Waals surface area (Å²) in [5.41, 5.74) is 0. The minimum atomic E-state index is -4.99. The van der Waals surface area contributed by atoms with Crippen LogP contribution in [0.15, 0.2) is 97.2 Å². The van der Waals surface area contributed by atoms with E-state index in [1.165, 1.54) is 148 Å². The average molecular weight is 1510 g/mol. The molecule has 0 spiro atoms. The first kappa shape index (κ1) is 100.0. The Kier molecular flexibility index (Phi) is 74.2. The first-order valence-corrected chi connectivity index (χ1v) is 44.5. The maximum atomic E-state index is 13.1. The highest BCUT2D eigenvalue weighted by molar-refractivity contribution is 7.47. The van der Waals surface area contributed by atoms with Crippen LogP contribution in [-0.4, -0.2) is 96.7 Å². The van der Waals surface area contributed by atoms with Crippen LogP contribution in [0.2, 0.25) is 0 Å². The maximum Gasteiger partial charge on any atom is 0.472 e. The molecule has 0 heterocycles. The lowest BCUT2D eigenvalue weighted by atomic mass is 10.0. The third kappa shape index (κ3) is 76.2. The molecule has 5 atom stereocenters. The lowest BCUT2D eigenvalue weighted by molar-refractivity contribution is -0.161. The van der Waals surface area contributed by atoms with Crippen molar-refractivity contribution in [2.75, 3.05) is 39.6 Å². The quantitative estimate of drug-likeness (QED) is 0.0169. The molecule has 19 heteroatoms. The second-order valence-corrected chi connectivity index (χ2v) is 30.6. The lowest BCUT2D eigenvalue weighted by Gasteiger charge is -2.21. The maximum absolute atomic E-state index is 13.1. The molecule has 0 aliphatic carbocycles. The molecule has 0 saturated heterocycles. The Morgan fingerprint density at radius 1 is 0.279 bits per heavy atom. The van der Waals surface area contributed by atoms with Crippen LogP contribution < -0.4 is 0 Å². The molecule has 3 N–H and O–H groups in total. The van der Waals surface area contributed by atoms with Crippen molar-refractivity contribution in [1.29, 1.82) is 0 Å². The molecule has 0 aliphatic rings. The van der Waals surface area contributed by atoms with Gasteiger partial charge in [0.05, 0.1) is 26.4 Å². The molecular formula is C85H150O17P2. The van der Waals surface area contributed by atoms with Crippen molar-refractivity contribution < 1.29 is 80.2 Å². The highest BCUT2D eigenvalue weighted by Crippen LogP contribution is 2.45. The Bertz CT molecular complexity index is 2350. The minimum absolute atomic E-state index is 0.0383. The zero-order valence-electron chi connectivity index (χ0n) is 65.9. The summed E-state index contributed by atoms with van der Waals surface area (Å²) < 4.78 is 68.6. The van der Waals surface area contributed by atoms with Crippen molar-refractivity contribution in [2.45, 2.75) is 380 Å². The van der Waals surface area contributed by atoms with E-state index < -0.39 is 97.5 Å². The van der Waals surface area contributed by atoms with Crippen molar-refractivity contribution in [3.8, 4) is 0 Å². The van der Waals surface area contributed by atoms with Gasteiger partial charge in [0.1, 0.15) is 19.3 Å². The van der Waals surface area contributed by atoms with E-state index in [1.54, 1.807) is 0 Å². The van der Waals surface area contributed by atoms with Gasteiger partial charge in [-0.05, 0) is 96.3 Å². The number of aliphatic hydroxyl groups excluding tert-OH is 1. The summed E-state index contributed by atoms with van der Waals surface area (Å²) in [5, 5.41) is 10.7. The van der Waals surface area contributed by atoms with E-state index in [0.29, 0.717) is 32.1 Å². The fourth-order valence-corrected chi connectivity index (χ4v) is 12.9. The van der Waals surface area contributed by atoms with E-state index in [0.717, 1.165) is 128 Å². The standard InChI is InChI=1S/C85H150O17P2/c1-5-9-13-17-21-25-29-33-37-38-39-40-44-46-50-54-58-62-66-70-83(88)96-76-81(102-85(90)72-68-64-60-56-52-48-43-36-32-28-24-20-16-12-8-4)78-100-104(93,94)98-74-79(86)73-97-103(91,92)99-77-80(101-84(89)71-67-63-59-55-51-47-42-35-31-27-23-19-15-11-7-3)75-95-82(87)69-65-61-57-53-49-45-41-34-30-26-22-18-14-10-6-2/h9,13,21-22,25-26,33-34,37,39-41,46,50,58,62,79-81,86H,5-8,10-12,14-20,23-24,27-32,35-36,38,42-45,47-49,51-57,59-61,63-78H2,1-4H3,(H,91,92)(H,93,94)/b13-9-,25-21-,26-22-,37-33-,40-39-,41-34-,50-46-,62-58-/t79-,80+,81+/m0/s1. The Labute approximate surface area is 633 Å². The first-order valence-electron chi connectivity index (χ1n) is 41.5. The molecule has 17 nitrogen and oxygen atoms in total. The van der Waals surface area contributed by atoms with Gasteiger partial charge in [0.15, 0.2) is 12.2 Å². The van der Waals surface area contributed by atoms with Gasteiger partial charge in [0.25, 0.3) is 0 Å². The molecule has 0 saturated carbocycles. The average Bonchev–Trinajstić information content (AvgIpc) is 0.918. The number of phosphoric acid groups is 2. The second kappa shape index (κ2) is 77.1. The van der Waals surface area contributed by atoms with Crippen molar-refractivity contribution in [1.82, 2.24) is 0 Å². The number of rotatable bonds is 78. The van der Waals surface area contributed by atoms with Gasteiger partial charge >= 0.3 is 39.5 Å². The fourth-order valence-electron chi connectivity index (χ4n) is 11.3. The molecule has 0 aromatic carbocycles. The van der Waals surface area contributed by atoms with E-state index >= 15 is 0 Å². The van der Waals surface area contributed by atoms with Gasteiger partial charge in [-0.3, -0.25) is 37.3 Å². The summed E-state index contributed by atoms with van der Waals surface area (Å²) in [6.45, 7) is 4.71. The van der Waals surface area contributed by atoms with Crippen LogP contribution in [0.5, 0.6) is 0 Å². The number of aliphatic hydroxyl groups is 1. The van der Waals surface area contributed by atoms with Gasteiger partial charge < -0.3 is 33.8 Å². The van der Waals surface area contributed by atoms with Gasteiger partial charge in [-0.2, -0.15) is 0 Å². The molecule has 0 aromatic rings. The summed E-state index contributed by atoms with van der Waals surface area (Å²) in [4.78, 5) is 73.1. The van der Waals surface area contributed by atoms with Gasteiger partial charge in [0.2, 0.25) is 0 Å². The van der Waals surface area contributed by atoms with Gasteiger partial charge in [-0.25, -0.2) is 9.13 Å². The highest BCUT2D eigenvalue weighted by atomic mass is 31.2. The molecule has 0 amide bonds. The zero-order chi connectivity index (χ0) is 76.0. The number of ether oxygens (including phenoxy) is 4. The van der Waals surface area contributed by atoms with Crippen LogP contribution in [0.1, 0.15) is 362 Å². The van der Waals surface area contributed by atoms with Gasteiger partial charge in [-0.1, -0.05) is 337 Å². The number of phosphoric ester groups is 2. The second-order valence-electron chi connectivity index (χ2n) is 27.7. The lowest BCUT2D eigenvalue weighted by Crippen LogP contribution is -2.30. The Morgan fingerprint density at radius 3 is 0.846 bits per heavy atom. The Hall–Kier alpha value is -4.02. The monoisotopic (exact) mass is 1510 g/mol. The highest BCUT2D eigenvalue weighted by Gasteiger charge is 2.30. The molecule has 602 valence electrons. The molecule has 104 heavy (non-hydrogen) atoms. The number of carbonyl (C=O) groups excluding carboxylic acids is 4. The molecule has 0 aromatic heterocycles. The molecular weight excluding hydrogens is 1350 g/mol. The van der Waals surface area contributed by atoms with E-state index in [9.17, 15) is 43.2 Å². The predicted octanol–water partition coefficient (Wildman–Crippen LogP) is 24.3. The van der Waals surface area contributed by atoms with E-state index in [1.807, 2.05) is 12.2 Å². The number of hydrogen-bond donors (Lipinski definition) is 3. The summed E-state index contributed by atoms with van der Waals surface area (Å²) >= 11 is 0. The molecule has 0 radical (unpaired) electrons. The van der Waals surface area contributed by atoms with E-state index in [2.05, 4.69) is 113 Å². The van der Waals surface area contributed by atoms with Crippen molar-refractivity contribution in [3.05, 3.63) is 97.2 Å². The van der Waals surface area contributed by atoms with Crippen LogP contribution >= 0.6 is 15.6 Å². The summed E-state index contributed by atoms with van der Waals surface area (Å²) in [5.74, 6) is -2.26. The largest absolute Gasteiger partial charge is 0.472 e. The first-order chi connectivity index (χ1) is 50.7. The Balaban J connectivity index is 5.40. The van der Waals surface area contributed by atoms with E-state index in [-0.39, 0.29) is 25.7 Å². The molecule has 2 unspecified atom stereocenters. The van der Waals surface area contributed by atoms with Crippen LogP contribution in [0, 0.1) is 0 Å². The minimum Gasteiger partial charge on any atom is -0.462 e. The zero-order valence-corrected chi connectivity index (χ0v) is 67.7. The number of unbranched alkanes of at least 4 members (excludes halogenated alkanes) is 36. The normalized spacial score (nSPS) is 14.3. The summed E-state index contributed by atoms with van der Waals surface area (Å²) in [6.07, 6.45) is 82.4. The SMILES string of the molecule is CC/C=C\C/C=C\C/C=C\C/C=C\C/C=C\C/C=C\CCC(=O)OC[C@H](COP(=O)(O)OC[C@@H](O)COP(=O)(O)OC[C@@H](COC(=O)CCCCCCC/C=C\C/C=C\CCCCC)OC(=O)CCCCCCCCCCCCCCCCC)OC(=O)CCCCCCCCCCCCCCCCC. The number of allylic oxidation sites excluding steroid dienone is 16. The molecule has 0 aliphatic heterocycles. The third-order valence-electron chi connectivity index (χ3n) is 17.6. The molecule has 0 bridgehead atoms. The predicted molar refractivity (Wildman–Crippen MR) is 427 cm³/mol.